The molecule has 0 saturated carbocycles. The molecule has 1 heteroatoms. The van der Waals surface area contributed by atoms with Crippen LogP contribution in [0.2, 0.25) is 0 Å². The first-order valence-electron chi connectivity index (χ1n) is 4.01. The fraction of sp³-hybridized carbons (Fsp3) is 0.778. The van der Waals surface area contributed by atoms with Crippen LogP contribution in [0, 0.1) is 23.7 Å². The maximum atomic E-state index is 3.29. The summed E-state index contributed by atoms with van der Waals surface area (Å²) >= 11 is 0. The van der Waals surface area contributed by atoms with Crippen LogP contribution >= 0.6 is 0 Å². The van der Waals surface area contributed by atoms with Crippen LogP contribution in [0.4, 0.5) is 0 Å². The van der Waals surface area contributed by atoms with Crippen molar-refractivity contribution in [2.45, 2.75) is 20.3 Å². The van der Waals surface area contributed by atoms with Crippen molar-refractivity contribution >= 4 is 0 Å². The Morgan fingerprint density at radius 1 is 1.60 bits per heavy atom. The van der Waals surface area contributed by atoms with Crippen LogP contribution in [0.3, 0.4) is 0 Å². The number of hydrogen-bond donors (Lipinski definition) is 1. The molecule has 1 saturated heterocycles. The standard InChI is InChI=1S/C9H15N.H2/c1-8(2)3-4-9-5-6-10-7-9;/h8-10H,5-7H2,1-2H3;1H. The van der Waals surface area contributed by atoms with Gasteiger partial charge in [-0.3, -0.25) is 0 Å². The zero-order valence-corrected chi connectivity index (χ0v) is 6.78. The highest BCUT2D eigenvalue weighted by atomic mass is 14.9. The van der Waals surface area contributed by atoms with Crippen molar-refractivity contribution < 1.29 is 1.43 Å². The van der Waals surface area contributed by atoms with Gasteiger partial charge < -0.3 is 5.32 Å². The van der Waals surface area contributed by atoms with Crippen molar-refractivity contribution in [1.29, 1.82) is 0 Å². The lowest BCUT2D eigenvalue weighted by molar-refractivity contribution is 0.748. The van der Waals surface area contributed by atoms with Gasteiger partial charge in [0, 0.05) is 19.8 Å². The predicted octanol–water partition coefficient (Wildman–Crippen LogP) is 1.50. The second-order valence-corrected chi connectivity index (χ2v) is 3.13. The van der Waals surface area contributed by atoms with Gasteiger partial charge in [0.1, 0.15) is 0 Å². The van der Waals surface area contributed by atoms with E-state index in [1.165, 1.54) is 6.42 Å². The topological polar surface area (TPSA) is 12.0 Å². The van der Waals surface area contributed by atoms with Gasteiger partial charge in [-0.1, -0.05) is 19.8 Å². The molecule has 10 heavy (non-hydrogen) atoms. The summed E-state index contributed by atoms with van der Waals surface area (Å²) in [7, 11) is 0. The van der Waals surface area contributed by atoms with E-state index in [4.69, 9.17) is 0 Å². The lowest BCUT2D eigenvalue weighted by Crippen LogP contribution is -2.07. The van der Waals surface area contributed by atoms with Crippen molar-refractivity contribution in [2.75, 3.05) is 13.1 Å². The molecule has 0 aliphatic carbocycles. The van der Waals surface area contributed by atoms with Gasteiger partial charge in [-0.2, -0.15) is 0 Å². The molecule has 1 heterocycles. The Balaban J connectivity index is 0.000001000. The quantitative estimate of drug-likeness (QED) is 0.501. The summed E-state index contributed by atoms with van der Waals surface area (Å²) in [6.07, 6.45) is 1.24. The van der Waals surface area contributed by atoms with E-state index in [0.29, 0.717) is 11.8 Å². The molecule has 1 rings (SSSR count). The molecule has 1 nitrogen and oxygen atoms in total. The fourth-order valence-corrected chi connectivity index (χ4v) is 1.06. The number of nitrogens with one attached hydrogen (secondary N) is 1. The second-order valence-electron chi connectivity index (χ2n) is 3.13. The zero-order chi connectivity index (χ0) is 7.40. The largest absolute Gasteiger partial charge is 0.315 e. The first-order valence-corrected chi connectivity index (χ1v) is 4.01. The average molecular weight is 139 g/mol. The average Bonchev–Trinajstić information content (AvgIpc) is 2.34. The minimum atomic E-state index is 0. The van der Waals surface area contributed by atoms with Gasteiger partial charge in [-0.05, 0) is 13.0 Å². The minimum absolute atomic E-state index is 0. The van der Waals surface area contributed by atoms with Gasteiger partial charge in [0.05, 0.1) is 0 Å². The molecular weight excluding hydrogens is 122 g/mol. The van der Waals surface area contributed by atoms with Crippen LogP contribution in [-0.4, -0.2) is 13.1 Å². The Hall–Kier alpha value is -0.480. The Morgan fingerprint density at radius 2 is 2.40 bits per heavy atom. The third-order valence-electron chi connectivity index (χ3n) is 1.64. The highest BCUT2D eigenvalue weighted by Gasteiger charge is 2.10. The highest BCUT2D eigenvalue weighted by Crippen LogP contribution is 2.05. The normalized spacial score (nSPS) is 24.5. The fourth-order valence-electron chi connectivity index (χ4n) is 1.06. The Morgan fingerprint density at radius 3 is 2.90 bits per heavy atom. The molecule has 1 atom stereocenters. The molecule has 0 radical (unpaired) electrons. The molecule has 0 amide bonds. The lowest BCUT2D eigenvalue weighted by Gasteiger charge is -1.95. The van der Waals surface area contributed by atoms with E-state index in [-0.39, 0.29) is 1.43 Å². The van der Waals surface area contributed by atoms with Crippen molar-refractivity contribution in [3.05, 3.63) is 0 Å². The van der Waals surface area contributed by atoms with E-state index in [0.717, 1.165) is 13.1 Å². The van der Waals surface area contributed by atoms with Crippen LogP contribution in [0.5, 0.6) is 0 Å². The minimum Gasteiger partial charge on any atom is -0.315 e. The summed E-state index contributed by atoms with van der Waals surface area (Å²) < 4.78 is 0. The van der Waals surface area contributed by atoms with E-state index in [9.17, 15) is 0 Å². The van der Waals surface area contributed by atoms with Crippen molar-refractivity contribution in [2.24, 2.45) is 11.8 Å². The van der Waals surface area contributed by atoms with Gasteiger partial charge in [0.25, 0.3) is 0 Å². The van der Waals surface area contributed by atoms with E-state index >= 15 is 0 Å². The van der Waals surface area contributed by atoms with Crippen LogP contribution < -0.4 is 5.32 Å². The van der Waals surface area contributed by atoms with Crippen LogP contribution in [0.25, 0.3) is 0 Å². The van der Waals surface area contributed by atoms with Crippen LogP contribution in [0.15, 0.2) is 0 Å². The van der Waals surface area contributed by atoms with Crippen LogP contribution in [0.1, 0.15) is 21.7 Å². The molecular formula is C9H17N. The van der Waals surface area contributed by atoms with Gasteiger partial charge in [-0.25, -0.2) is 0 Å². The summed E-state index contributed by atoms with van der Waals surface area (Å²) in [5.41, 5.74) is 0. The summed E-state index contributed by atoms with van der Waals surface area (Å²) in [5, 5.41) is 3.29. The van der Waals surface area contributed by atoms with Gasteiger partial charge in [-0.15, -0.1) is 5.92 Å². The first-order chi connectivity index (χ1) is 4.79. The summed E-state index contributed by atoms with van der Waals surface area (Å²) in [6, 6.07) is 0. The third kappa shape index (κ3) is 2.41. The monoisotopic (exact) mass is 139 g/mol. The molecule has 1 N–H and O–H groups in total. The lowest BCUT2D eigenvalue weighted by atomic mass is 10.1. The van der Waals surface area contributed by atoms with Gasteiger partial charge in [0.2, 0.25) is 0 Å². The second kappa shape index (κ2) is 3.63. The van der Waals surface area contributed by atoms with Crippen LogP contribution in [-0.2, 0) is 0 Å². The van der Waals surface area contributed by atoms with Gasteiger partial charge in [0.15, 0.2) is 0 Å². The summed E-state index contributed by atoms with van der Waals surface area (Å²) in [5.74, 6) is 7.62. The maximum absolute atomic E-state index is 3.29. The molecule has 58 valence electrons. The number of hydrogen-bond acceptors (Lipinski definition) is 1. The van der Waals surface area contributed by atoms with E-state index in [1.54, 1.807) is 0 Å². The molecule has 1 fully saturated rings. The molecule has 0 aromatic rings. The SMILES string of the molecule is CC(C)C#CC1CCNC1.[HH]. The van der Waals surface area contributed by atoms with E-state index in [2.05, 4.69) is 31.0 Å². The Bertz CT molecular complexity index is 149. The van der Waals surface area contributed by atoms with Gasteiger partial charge >= 0.3 is 0 Å². The maximum Gasteiger partial charge on any atom is 0.0339 e. The summed E-state index contributed by atoms with van der Waals surface area (Å²) in [4.78, 5) is 0. The first kappa shape index (κ1) is 7.63. The zero-order valence-electron chi connectivity index (χ0n) is 6.78. The van der Waals surface area contributed by atoms with E-state index < -0.39 is 0 Å². The van der Waals surface area contributed by atoms with Crippen molar-refractivity contribution in [1.82, 2.24) is 5.32 Å². The van der Waals surface area contributed by atoms with E-state index in [1.807, 2.05) is 0 Å². The Kier molecular flexibility index (Phi) is 2.77. The molecule has 0 aromatic heterocycles. The smallest absolute Gasteiger partial charge is 0.0339 e. The highest BCUT2D eigenvalue weighted by molar-refractivity contribution is 5.07. The number of rotatable bonds is 0. The van der Waals surface area contributed by atoms with Crippen molar-refractivity contribution in [3.63, 3.8) is 0 Å². The molecule has 0 spiro atoms. The summed E-state index contributed by atoms with van der Waals surface area (Å²) in [6.45, 7) is 6.52. The molecule has 0 bridgehead atoms. The predicted molar refractivity (Wildman–Crippen MR) is 45.7 cm³/mol. The van der Waals surface area contributed by atoms with Crippen molar-refractivity contribution in [3.8, 4) is 11.8 Å². The molecule has 1 aliphatic heterocycles. The molecule has 0 aromatic carbocycles. The Labute approximate surface area is 64.7 Å². The molecule has 1 unspecified atom stereocenters. The third-order valence-corrected chi connectivity index (χ3v) is 1.64. The molecule has 1 aliphatic rings.